The molecule has 33 heavy (non-hydrogen) atoms. The predicted octanol–water partition coefficient (Wildman–Crippen LogP) is 9.39. The van der Waals surface area contributed by atoms with Crippen molar-refractivity contribution in [2.45, 2.75) is 34.1 Å². The van der Waals surface area contributed by atoms with Crippen LogP contribution in [0.1, 0.15) is 43.9 Å². The standard InChI is InChI=1S/C32H33N/c1-7-27-23(3)29-19-12-13-20-30(29)31(28(27)8-2)33(25-16-10-9-11-17-25)26-18-14-15-24(21-22-26)32(4,5)6/h7-14,16-22H,1-2,15H2,3-6H3. The monoisotopic (exact) mass is 431 g/mol. The molecular weight excluding hydrogens is 398 g/mol. The summed E-state index contributed by atoms with van der Waals surface area (Å²) in [4.78, 5) is 2.37. The fourth-order valence-corrected chi connectivity index (χ4v) is 4.65. The Bertz CT molecular complexity index is 1290. The van der Waals surface area contributed by atoms with Crippen LogP contribution in [0, 0.1) is 12.3 Å². The summed E-state index contributed by atoms with van der Waals surface area (Å²) in [6.07, 6.45) is 14.0. The lowest BCUT2D eigenvalue weighted by atomic mass is 9.84. The van der Waals surface area contributed by atoms with Gasteiger partial charge in [0, 0.05) is 22.3 Å². The second-order valence-corrected chi connectivity index (χ2v) is 9.57. The van der Waals surface area contributed by atoms with E-state index in [2.05, 4.69) is 125 Å². The van der Waals surface area contributed by atoms with Crippen LogP contribution in [-0.2, 0) is 0 Å². The summed E-state index contributed by atoms with van der Waals surface area (Å²) in [5.41, 5.74) is 8.40. The molecule has 3 aromatic rings. The molecule has 0 atom stereocenters. The Morgan fingerprint density at radius 1 is 0.818 bits per heavy atom. The van der Waals surface area contributed by atoms with E-state index in [-0.39, 0.29) is 5.41 Å². The summed E-state index contributed by atoms with van der Waals surface area (Å²) in [5.74, 6) is 0. The van der Waals surface area contributed by atoms with Gasteiger partial charge in [-0.3, -0.25) is 0 Å². The van der Waals surface area contributed by atoms with E-state index in [1.165, 1.54) is 21.9 Å². The highest BCUT2D eigenvalue weighted by Gasteiger charge is 2.23. The molecule has 166 valence electrons. The molecule has 0 bridgehead atoms. The first kappa shape index (κ1) is 22.6. The van der Waals surface area contributed by atoms with Crippen molar-refractivity contribution in [3.63, 3.8) is 0 Å². The van der Waals surface area contributed by atoms with Crippen molar-refractivity contribution in [1.82, 2.24) is 0 Å². The van der Waals surface area contributed by atoms with Crippen molar-refractivity contribution in [2.75, 3.05) is 4.90 Å². The van der Waals surface area contributed by atoms with Gasteiger partial charge >= 0.3 is 0 Å². The molecule has 0 saturated heterocycles. The lowest BCUT2D eigenvalue weighted by Crippen LogP contribution is -2.17. The van der Waals surface area contributed by atoms with Gasteiger partial charge in [-0.05, 0) is 59.6 Å². The number of hydrogen-bond acceptors (Lipinski definition) is 1. The van der Waals surface area contributed by atoms with Gasteiger partial charge < -0.3 is 4.90 Å². The average Bonchev–Trinajstić information content (AvgIpc) is 3.07. The van der Waals surface area contributed by atoms with Gasteiger partial charge in [-0.1, -0.05) is 106 Å². The maximum Gasteiger partial charge on any atom is 0.0618 e. The van der Waals surface area contributed by atoms with Crippen LogP contribution in [0.4, 0.5) is 11.4 Å². The van der Waals surface area contributed by atoms with Gasteiger partial charge in [0.15, 0.2) is 0 Å². The number of para-hydroxylation sites is 1. The fraction of sp³-hybridized carbons (Fsp3) is 0.188. The summed E-state index contributed by atoms with van der Waals surface area (Å²) >= 11 is 0. The first-order valence-corrected chi connectivity index (χ1v) is 11.6. The molecule has 0 fully saturated rings. The maximum absolute atomic E-state index is 4.21. The molecule has 0 heterocycles. The zero-order valence-corrected chi connectivity index (χ0v) is 20.2. The van der Waals surface area contributed by atoms with E-state index in [9.17, 15) is 0 Å². The van der Waals surface area contributed by atoms with Crippen molar-refractivity contribution < 1.29 is 0 Å². The lowest BCUT2D eigenvalue weighted by molar-refractivity contribution is 0.494. The highest BCUT2D eigenvalue weighted by molar-refractivity contribution is 6.05. The van der Waals surface area contributed by atoms with E-state index >= 15 is 0 Å². The quantitative estimate of drug-likeness (QED) is 0.389. The molecule has 0 spiro atoms. The van der Waals surface area contributed by atoms with Gasteiger partial charge in [0.25, 0.3) is 0 Å². The summed E-state index contributed by atoms with van der Waals surface area (Å²) in [6.45, 7) is 17.4. The van der Waals surface area contributed by atoms with Crippen molar-refractivity contribution in [1.29, 1.82) is 0 Å². The first-order valence-electron chi connectivity index (χ1n) is 11.6. The van der Waals surface area contributed by atoms with Crippen LogP contribution in [0.3, 0.4) is 0 Å². The normalized spacial score (nSPS) is 13.8. The highest BCUT2D eigenvalue weighted by Crippen LogP contribution is 2.43. The number of nitrogens with zero attached hydrogens (tertiary/aromatic N) is 1. The van der Waals surface area contributed by atoms with Crippen LogP contribution in [0.15, 0.2) is 103 Å². The Morgan fingerprint density at radius 2 is 1.45 bits per heavy atom. The second-order valence-electron chi connectivity index (χ2n) is 9.57. The Labute approximate surface area is 198 Å². The second kappa shape index (κ2) is 9.11. The van der Waals surface area contributed by atoms with E-state index in [0.29, 0.717) is 0 Å². The molecule has 4 rings (SSSR count). The molecule has 1 nitrogen and oxygen atoms in total. The summed E-state index contributed by atoms with van der Waals surface area (Å²) < 4.78 is 0. The number of fused-ring (bicyclic) bond motifs is 1. The van der Waals surface area contributed by atoms with Crippen LogP contribution >= 0.6 is 0 Å². The van der Waals surface area contributed by atoms with Crippen molar-refractivity contribution in [3.8, 4) is 0 Å². The highest BCUT2D eigenvalue weighted by atomic mass is 15.1. The van der Waals surface area contributed by atoms with Crippen LogP contribution in [0.25, 0.3) is 22.9 Å². The third-order valence-electron chi connectivity index (χ3n) is 6.48. The number of allylic oxidation sites excluding steroid dienone is 5. The molecule has 0 saturated carbocycles. The van der Waals surface area contributed by atoms with Gasteiger partial charge in [-0.2, -0.15) is 0 Å². The SMILES string of the molecule is C=Cc1c(C=C)c(N(C2=CC=C(C(C)(C)C)CC=C2)c2ccccc2)c2ccccc2c1C. The van der Waals surface area contributed by atoms with Crippen molar-refractivity contribution >= 4 is 34.3 Å². The Balaban J connectivity index is 2.09. The van der Waals surface area contributed by atoms with Gasteiger partial charge in [0.2, 0.25) is 0 Å². The first-order chi connectivity index (χ1) is 15.9. The number of aryl methyl sites for hydroxylation is 1. The Morgan fingerprint density at radius 3 is 2.09 bits per heavy atom. The minimum atomic E-state index is 0.132. The summed E-state index contributed by atoms with van der Waals surface area (Å²) in [6, 6.07) is 19.2. The zero-order valence-electron chi connectivity index (χ0n) is 20.2. The molecule has 0 N–H and O–H groups in total. The molecule has 0 radical (unpaired) electrons. The molecule has 0 unspecified atom stereocenters. The number of hydrogen-bond donors (Lipinski definition) is 0. The van der Waals surface area contributed by atoms with Crippen LogP contribution < -0.4 is 4.90 Å². The van der Waals surface area contributed by atoms with E-state index in [4.69, 9.17) is 0 Å². The Kier molecular flexibility index (Phi) is 6.24. The van der Waals surface area contributed by atoms with Gasteiger partial charge in [-0.25, -0.2) is 0 Å². The van der Waals surface area contributed by atoms with Gasteiger partial charge in [0.05, 0.1) is 5.69 Å². The number of rotatable bonds is 5. The zero-order chi connectivity index (χ0) is 23.6. The van der Waals surface area contributed by atoms with E-state index in [1.54, 1.807) is 0 Å². The number of benzene rings is 3. The third-order valence-corrected chi connectivity index (χ3v) is 6.48. The van der Waals surface area contributed by atoms with Gasteiger partial charge in [0.1, 0.15) is 0 Å². The molecule has 1 heteroatoms. The lowest BCUT2D eigenvalue weighted by Gasteiger charge is -2.31. The molecule has 0 aliphatic heterocycles. The van der Waals surface area contributed by atoms with Crippen molar-refractivity contribution in [2.24, 2.45) is 5.41 Å². The maximum atomic E-state index is 4.21. The fourth-order valence-electron chi connectivity index (χ4n) is 4.65. The molecule has 1 aliphatic rings. The third kappa shape index (κ3) is 4.24. The van der Waals surface area contributed by atoms with Crippen LogP contribution in [0.2, 0.25) is 0 Å². The topological polar surface area (TPSA) is 3.24 Å². The van der Waals surface area contributed by atoms with Gasteiger partial charge in [-0.15, -0.1) is 0 Å². The van der Waals surface area contributed by atoms with E-state index in [1.807, 2.05) is 12.2 Å². The van der Waals surface area contributed by atoms with E-state index in [0.717, 1.165) is 34.6 Å². The van der Waals surface area contributed by atoms with E-state index < -0.39 is 0 Å². The predicted molar refractivity (Wildman–Crippen MR) is 147 cm³/mol. The smallest absolute Gasteiger partial charge is 0.0618 e. The minimum absolute atomic E-state index is 0.132. The molecular formula is C32H33N. The Hall–Kier alpha value is -3.58. The molecule has 1 aliphatic carbocycles. The molecule has 0 aromatic heterocycles. The van der Waals surface area contributed by atoms with Crippen molar-refractivity contribution in [3.05, 3.63) is 120 Å². The molecule has 3 aromatic carbocycles. The largest absolute Gasteiger partial charge is 0.309 e. The summed E-state index contributed by atoms with van der Waals surface area (Å²) in [7, 11) is 0. The minimum Gasteiger partial charge on any atom is -0.309 e. The van der Waals surface area contributed by atoms with Crippen LogP contribution in [0.5, 0.6) is 0 Å². The number of anilines is 2. The summed E-state index contributed by atoms with van der Waals surface area (Å²) in [5, 5.41) is 2.44. The molecule has 0 amide bonds. The average molecular weight is 432 g/mol. The van der Waals surface area contributed by atoms with Crippen LogP contribution in [-0.4, -0.2) is 0 Å².